The van der Waals surface area contributed by atoms with Gasteiger partial charge in [0, 0.05) is 12.7 Å². The number of phenolic OH excluding ortho intramolecular Hbond substituents is 1. The van der Waals surface area contributed by atoms with Crippen LogP contribution in [-0.2, 0) is 19.6 Å². The van der Waals surface area contributed by atoms with Gasteiger partial charge in [-0.2, -0.15) is 10.2 Å². The maximum absolute atomic E-state index is 12.5. The zero-order valence-corrected chi connectivity index (χ0v) is 18.8. The standard InChI is InChI=1S/C22H21N5O6S/c1-2-23-21(29)14-33-22(30)18-13-16(8-11-19(18)28)26-25-15-6-9-17(10-7-15)34(31,32)27-20-5-3-4-12-24-20/h3-13,28H,2,14H2,1H3,(H,23,29)(H,24,27). The minimum atomic E-state index is -3.82. The number of benzene rings is 2. The molecular weight excluding hydrogens is 462 g/mol. The number of aromatic hydroxyl groups is 1. The van der Waals surface area contributed by atoms with Crippen molar-refractivity contribution in [2.24, 2.45) is 10.2 Å². The molecule has 0 radical (unpaired) electrons. The van der Waals surface area contributed by atoms with Gasteiger partial charge in [-0.15, -0.1) is 0 Å². The maximum Gasteiger partial charge on any atom is 0.342 e. The number of sulfonamides is 1. The summed E-state index contributed by atoms with van der Waals surface area (Å²) in [6, 6.07) is 14.4. The van der Waals surface area contributed by atoms with Crippen LogP contribution in [0.3, 0.4) is 0 Å². The van der Waals surface area contributed by atoms with Gasteiger partial charge < -0.3 is 15.2 Å². The fourth-order valence-corrected chi connectivity index (χ4v) is 3.64. The lowest BCUT2D eigenvalue weighted by molar-refractivity contribution is -0.124. The van der Waals surface area contributed by atoms with Crippen molar-refractivity contribution >= 4 is 39.1 Å². The summed E-state index contributed by atoms with van der Waals surface area (Å²) in [7, 11) is -3.82. The number of nitrogens with zero attached hydrogens (tertiary/aromatic N) is 3. The van der Waals surface area contributed by atoms with Gasteiger partial charge in [0.05, 0.1) is 16.3 Å². The molecule has 0 aliphatic heterocycles. The molecule has 0 bridgehead atoms. The molecule has 0 atom stereocenters. The van der Waals surface area contributed by atoms with Crippen LogP contribution < -0.4 is 10.0 Å². The third-order valence-electron chi connectivity index (χ3n) is 4.24. The Kier molecular flexibility index (Phi) is 7.88. The van der Waals surface area contributed by atoms with E-state index < -0.39 is 28.5 Å². The van der Waals surface area contributed by atoms with E-state index in [1.54, 1.807) is 19.1 Å². The normalized spacial score (nSPS) is 11.2. The maximum atomic E-state index is 12.5. The van der Waals surface area contributed by atoms with Gasteiger partial charge >= 0.3 is 5.97 Å². The lowest BCUT2D eigenvalue weighted by Crippen LogP contribution is -2.28. The number of esters is 1. The number of nitrogens with one attached hydrogen (secondary N) is 2. The highest BCUT2D eigenvalue weighted by Gasteiger charge is 2.16. The number of anilines is 1. The number of aromatic nitrogens is 1. The van der Waals surface area contributed by atoms with E-state index in [2.05, 4.69) is 25.3 Å². The average molecular weight is 484 g/mol. The van der Waals surface area contributed by atoms with Crippen LogP contribution in [0.1, 0.15) is 17.3 Å². The number of amides is 1. The van der Waals surface area contributed by atoms with Gasteiger partial charge in [-0.1, -0.05) is 6.07 Å². The minimum absolute atomic E-state index is 0.0129. The topological polar surface area (TPSA) is 159 Å². The van der Waals surface area contributed by atoms with Crippen LogP contribution >= 0.6 is 0 Å². The fourth-order valence-electron chi connectivity index (χ4n) is 2.63. The van der Waals surface area contributed by atoms with Crippen LogP contribution in [-0.4, -0.2) is 43.5 Å². The molecule has 3 aromatic rings. The molecule has 0 unspecified atom stereocenters. The number of azo groups is 1. The lowest BCUT2D eigenvalue weighted by Gasteiger charge is -2.07. The molecule has 34 heavy (non-hydrogen) atoms. The summed E-state index contributed by atoms with van der Waals surface area (Å²) in [6.45, 7) is 1.64. The predicted molar refractivity (Wildman–Crippen MR) is 123 cm³/mol. The summed E-state index contributed by atoms with van der Waals surface area (Å²) in [5, 5.41) is 20.4. The number of ether oxygens (including phenoxy) is 1. The molecule has 3 rings (SSSR count). The van der Waals surface area contributed by atoms with E-state index >= 15 is 0 Å². The van der Waals surface area contributed by atoms with Crippen LogP contribution in [0.5, 0.6) is 5.75 Å². The third-order valence-corrected chi connectivity index (χ3v) is 5.61. The van der Waals surface area contributed by atoms with E-state index in [1.165, 1.54) is 54.7 Å². The molecular formula is C22H21N5O6S. The second kappa shape index (κ2) is 11.0. The van der Waals surface area contributed by atoms with Crippen molar-refractivity contribution in [2.75, 3.05) is 17.9 Å². The molecule has 0 aliphatic carbocycles. The SMILES string of the molecule is CCNC(=O)COC(=O)c1cc(N=Nc2ccc(S(=O)(=O)Nc3ccccn3)cc2)ccc1O. The van der Waals surface area contributed by atoms with Gasteiger partial charge in [0.25, 0.3) is 15.9 Å². The van der Waals surface area contributed by atoms with E-state index in [0.717, 1.165) is 0 Å². The first-order chi connectivity index (χ1) is 16.3. The molecule has 0 aliphatic rings. The summed E-state index contributed by atoms with van der Waals surface area (Å²) in [4.78, 5) is 27.5. The molecule has 1 amide bonds. The Hall–Kier alpha value is -4.32. The van der Waals surface area contributed by atoms with Gasteiger partial charge in [-0.25, -0.2) is 18.2 Å². The van der Waals surface area contributed by atoms with Crippen LogP contribution in [0.15, 0.2) is 82.0 Å². The van der Waals surface area contributed by atoms with Crippen molar-refractivity contribution in [3.63, 3.8) is 0 Å². The molecule has 176 valence electrons. The number of phenols is 1. The monoisotopic (exact) mass is 483 g/mol. The summed E-state index contributed by atoms with van der Waals surface area (Å²) in [6.07, 6.45) is 1.47. The number of likely N-dealkylation sites (N-methyl/N-ethyl adjacent to an activating group) is 1. The van der Waals surface area contributed by atoms with Crippen molar-refractivity contribution in [1.82, 2.24) is 10.3 Å². The molecule has 1 heterocycles. The second-order valence-electron chi connectivity index (χ2n) is 6.75. The summed E-state index contributed by atoms with van der Waals surface area (Å²) in [5.41, 5.74) is 0.407. The van der Waals surface area contributed by atoms with E-state index in [4.69, 9.17) is 4.74 Å². The van der Waals surface area contributed by atoms with Gasteiger partial charge in [0.15, 0.2) is 6.61 Å². The van der Waals surface area contributed by atoms with Crippen molar-refractivity contribution in [2.45, 2.75) is 11.8 Å². The molecule has 0 fully saturated rings. The molecule has 12 heteroatoms. The summed E-state index contributed by atoms with van der Waals surface area (Å²) < 4.78 is 32.2. The van der Waals surface area contributed by atoms with Gasteiger partial charge in [-0.3, -0.25) is 9.52 Å². The smallest absolute Gasteiger partial charge is 0.342 e. The van der Waals surface area contributed by atoms with E-state index in [1.807, 2.05) is 0 Å². The van der Waals surface area contributed by atoms with Crippen LogP contribution in [0.4, 0.5) is 17.2 Å². The largest absolute Gasteiger partial charge is 0.507 e. The number of carbonyl (C=O) groups is 2. The average Bonchev–Trinajstić information content (AvgIpc) is 2.83. The molecule has 2 aromatic carbocycles. The number of pyridine rings is 1. The first kappa shape index (κ1) is 24.3. The van der Waals surface area contributed by atoms with E-state index in [0.29, 0.717) is 12.2 Å². The Morgan fingerprint density at radius 3 is 2.41 bits per heavy atom. The van der Waals surface area contributed by atoms with Gasteiger partial charge in [0.1, 0.15) is 17.1 Å². The number of rotatable bonds is 9. The highest BCUT2D eigenvalue weighted by molar-refractivity contribution is 7.92. The van der Waals surface area contributed by atoms with Crippen LogP contribution in [0.25, 0.3) is 0 Å². The Bertz CT molecular complexity index is 1300. The Morgan fingerprint density at radius 2 is 1.74 bits per heavy atom. The first-order valence-corrected chi connectivity index (χ1v) is 11.5. The van der Waals surface area contributed by atoms with Crippen LogP contribution in [0, 0.1) is 0 Å². The summed E-state index contributed by atoms with van der Waals surface area (Å²) in [5.74, 6) is -1.50. The predicted octanol–water partition coefficient (Wildman–Crippen LogP) is 3.30. The van der Waals surface area contributed by atoms with Crippen molar-refractivity contribution in [1.29, 1.82) is 0 Å². The molecule has 0 saturated heterocycles. The second-order valence-corrected chi connectivity index (χ2v) is 8.43. The minimum Gasteiger partial charge on any atom is -0.507 e. The lowest BCUT2D eigenvalue weighted by atomic mass is 10.2. The van der Waals surface area contributed by atoms with E-state index in [-0.39, 0.29) is 27.7 Å². The number of hydrogen-bond donors (Lipinski definition) is 3. The van der Waals surface area contributed by atoms with E-state index in [9.17, 15) is 23.1 Å². The number of hydrogen-bond acceptors (Lipinski definition) is 9. The van der Waals surface area contributed by atoms with Crippen LogP contribution in [0.2, 0.25) is 0 Å². The quantitative estimate of drug-likeness (QED) is 0.311. The van der Waals surface area contributed by atoms with Gasteiger partial charge in [0.2, 0.25) is 0 Å². The van der Waals surface area contributed by atoms with Gasteiger partial charge in [-0.05, 0) is 61.5 Å². The highest BCUT2D eigenvalue weighted by atomic mass is 32.2. The Morgan fingerprint density at radius 1 is 1.03 bits per heavy atom. The molecule has 0 spiro atoms. The summed E-state index contributed by atoms with van der Waals surface area (Å²) >= 11 is 0. The fraction of sp³-hybridized carbons (Fsp3) is 0.136. The van der Waals surface area contributed by atoms with Crippen molar-refractivity contribution < 1.29 is 27.9 Å². The molecule has 1 aromatic heterocycles. The molecule has 3 N–H and O–H groups in total. The van der Waals surface area contributed by atoms with Crippen molar-refractivity contribution in [3.8, 4) is 5.75 Å². The zero-order valence-electron chi connectivity index (χ0n) is 18.0. The Balaban J connectivity index is 1.69. The third kappa shape index (κ3) is 6.59. The Labute approximate surface area is 195 Å². The van der Waals surface area contributed by atoms with Crippen molar-refractivity contribution in [3.05, 3.63) is 72.4 Å². The highest BCUT2D eigenvalue weighted by Crippen LogP contribution is 2.26. The number of carbonyl (C=O) groups excluding carboxylic acids is 2. The molecule has 0 saturated carbocycles. The first-order valence-electron chi connectivity index (χ1n) is 10.0. The zero-order chi connectivity index (χ0) is 24.6. The molecule has 11 nitrogen and oxygen atoms in total.